The molecule has 1 rings (SSSR count). The van der Waals surface area contributed by atoms with Crippen LogP contribution in [0.3, 0.4) is 0 Å². The Morgan fingerprint density at radius 3 is 2.71 bits per heavy atom. The number of carboxylic acids is 1. The largest absolute Gasteiger partial charge is 0.478 e. The lowest BCUT2D eigenvalue weighted by Gasteiger charge is -2.01. The molecule has 0 aliphatic rings. The number of carbonyl (C=O) groups is 2. The van der Waals surface area contributed by atoms with Crippen molar-refractivity contribution in [2.24, 2.45) is 0 Å². The van der Waals surface area contributed by atoms with E-state index in [1.165, 1.54) is 0 Å². The van der Waals surface area contributed by atoms with Gasteiger partial charge in [-0.2, -0.15) is 5.10 Å². The van der Waals surface area contributed by atoms with Crippen LogP contribution in [-0.4, -0.2) is 31.6 Å². The number of hydrogen-bond acceptors (Lipinski definition) is 4. The summed E-state index contributed by atoms with van der Waals surface area (Å²) in [5.74, 6) is -1.15. The summed E-state index contributed by atoms with van der Waals surface area (Å²) in [6.45, 7) is 3.72. The van der Waals surface area contributed by atoms with Crippen LogP contribution in [0.4, 0.5) is 0 Å². The van der Waals surface area contributed by atoms with Gasteiger partial charge in [0.2, 0.25) is 5.12 Å². The Morgan fingerprint density at radius 2 is 2.21 bits per heavy atom. The first-order chi connectivity index (χ1) is 6.52. The monoisotopic (exact) mass is 214 g/mol. The number of rotatable bonds is 3. The summed E-state index contributed by atoms with van der Waals surface area (Å²) in [5, 5.41) is 14.5. The number of carbonyl (C=O) groups excluding carboxylic acids is 1. The number of aromatic carboxylic acids is 1. The Hall–Kier alpha value is -1.30. The quantitative estimate of drug-likeness (QED) is 0.794. The molecule has 76 valence electrons. The fraction of sp³-hybridized carbons (Fsp3) is 0.375. The number of hydrogen-bond donors (Lipinski definition) is 2. The Kier molecular flexibility index (Phi) is 3.29. The summed E-state index contributed by atoms with van der Waals surface area (Å²) >= 11 is 1.07. The maximum atomic E-state index is 11.5. The molecule has 1 aromatic heterocycles. The fourth-order valence-corrected chi connectivity index (χ4v) is 1.58. The van der Waals surface area contributed by atoms with Crippen LogP contribution in [0.5, 0.6) is 0 Å². The van der Waals surface area contributed by atoms with Crippen molar-refractivity contribution in [3.05, 3.63) is 17.5 Å². The van der Waals surface area contributed by atoms with Gasteiger partial charge in [-0.1, -0.05) is 25.6 Å². The Labute approximate surface area is 84.9 Å². The number of nitrogens with one attached hydrogen (secondary N) is 1. The van der Waals surface area contributed by atoms with Crippen LogP contribution in [0.15, 0.2) is 6.20 Å². The molecule has 0 saturated heterocycles. The third kappa shape index (κ3) is 2.35. The van der Waals surface area contributed by atoms with Gasteiger partial charge in [-0.3, -0.25) is 9.89 Å². The average molecular weight is 214 g/mol. The predicted octanol–water partition coefficient (Wildman–Crippen LogP) is 1.39. The number of aromatic amines is 1. The second-order valence-corrected chi connectivity index (χ2v) is 4.47. The van der Waals surface area contributed by atoms with Crippen LogP contribution in [0.25, 0.3) is 0 Å². The molecule has 5 nitrogen and oxygen atoms in total. The van der Waals surface area contributed by atoms with Crippen LogP contribution in [-0.2, 0) is 0 Å². The third-order valence-corrected chi connectivity index (χ3v) is 2.31. The molecule has 14 heavy (non-hydrogen) atoms. The normalized spacial score (nSPS) is 10.5. The Balaban J connectivity index is 2.90. The van der Waals surface area contributed by atoms with Crippen molar-refractivity contribution < 1.29 is 14.7 Å². The summed E-state index contributed by atoms with van der Waals surface area (Å²) in [5.41, 5.74) is -0.0284. The van der Waals surface area contributed by atoms with E-state index >= 15 is 0 Å². The van der Waals surface area contributed by atoms with E-state index in [4.69, 9.17) is 5.11 Å². The molecule has 0 radical (unpaired) electrons. The predicted molar refractivity (Wildman–Crippen MR) is 52.6 cm³/mol. The standard InChI is InChI=1S/C8H10N2O3S/c1-4(2)14-8(13)6-5(7(11)12)3-9-10-6/h3-4H,1-2H3,(H,9,10)(H,11,12). The highest BCUT2D eigenvalue weighted by Crippen LogP contribution is 2.18. The number of thioether (sulfide) groups is 1. The highest BCUT2D eigenvalue weighted by Gasteiger charge is 2.19. The minimum Gasteiger partial charge on any atom is -0.478 e. The molecule has 0 aliphatic heterocycles. The van der Waals surface area contributed by atoms with E-state index in [1.54, 1.807) is 0 Å². The lowest BCUT2D eigenvalue weighted by molar-refractivity contribution is 0.0693. The number of carboxylic acid groups (broad SMARTS) is 1. The maximum absolute atomic E-state index is 11.5. The van der Waals surface area contributed by atoms with E-state index in [0.29, 0.717) is 0 Å². The summed E-state index contributed by atoms with van der Waals surface area (Å²) in [7, 11) is 0. The van der Waals surface area contributed by atoms with Gasteiger partial charge in [0.05, 0.1) is 6.20 Å². The average Bonchev–Trinajstić information content (AvgIpc) is 2.49. The fourth-order valence-electron chi connectivity index (χ4n) is 0.877. The molecule has 1 aromatic rings. The third-order valence-electron chi connectivity index (χ3n) is 1.42. The van der Waals surface area contributed by atoms with Crippen LogP contribution in [0.1, 0.15) is 34.7 Å². The Bertz CT molecular complexity index is 359. The molecule has 0 atom stereocenters. The van der Waals surface area contributed by atoms with Gasteiger partial charge in [-0.05, 0) is 0 Å². The summed E-state index contributed by atoms with van der Waals surface area (Å²) in [6.07, 6.45) is 1.14. The lowest BCUT2D eigenvalue weighted by Crippen LogP contribution is -2.06. The van der Waals surface area contributed by atoms with E-state index in [-0.39, 0.29) is 21.6 Å². The molecule has 0 unspecified atom stereocenters. The van der Waals surface area contributed by atoms with Crippen LogP contribution >= 0.6 is 11.8 Å². The van der Waals surface area contributed by atoms with Crippen molar-refractivity contribution in [2.45, 2.75) is 19.1 Å². The van der Waals surface area contributed by atoms with Crippen molar-refractivity contribution in [2.75, 3.05) is 0 Å². The molecular weight excluding hydrogens is 204 g/mol. The van der Waals surface area contributed by atoms with Crippen LogP contribution in [0.2, 0.25) is 0 Å². The number of aromatic nitrogens is 2. The maximum Gasteiger partial charge on any atom is 0.339 e. The first-order valence-corrected chi connectivity index (χ1v) is 4.88. The number of nitrogens with zero attached hydrogens (tertiary/aromatic N) is 1. The van der Waals surface area contributed by atoms with Crippen molar-refractivity contribution in [3.63, 3.8) is 0 Å². The van der Waals surface area contributed by atoms with Gasteiger partial charge in [0.1, 0.15) is 11.3 Å². The van der Waals surface area contributed by atoms with E-state index in [2.05, 4.69) is 10.2 Å². The summed E-state index contributed by atoms with van der Waals surface area (Å²) in [6, 6.07) is 0. The zero-order valence-corrected chi connectivity index (χ0v) is 8.59. The van der Waals surface area contributed by atoms with E-state index < -0.39 is 5.97 Å². The van der Waals surface area contributed by atoms with Gasteiger partial charge in [0.25, 0.3) is 0 Å². The smallest absolute Gasteiger partial charge is 0.339 e. The van der Waals surface area contributed by atoms with E-state index in [1.807, 2.05) is 13.8 Å². The molecule has 0 amide bonds. The minimum absolute atomic E-state index is 0.0520. The zero-order chi connectivity index (χ0) is 10.7. The first-order valence-electron chi connectivity index (χ1n) is 4.00. The van der Waals surface area contributed by atoms with E-state index in [9.17, 15) is 9.59 Å². The molecule has 0 spiro atoms. The molecule has 0 saturated carbocycles. The highest BCUT2D eigenvalue weighted by atomic mass is 32.2. The van der Waals surface area contributed by atoms with Gasteiger partial charge in [-0.15, -0.1) is 0 Å². The molecule has 0 aromatic carbocycles. The Morgan fingerprint density at radius 1 is 1.57 bits per heavy atom. The molecule has 2 N–H and O–H groups in total. The van der Waals surface area contributed by atoms with Gasteiger partial charge >= 0.3 is 5.97 Å². The number of H-pyrrole nitrogens is 1. The zero-order valence-electron chi connectivity index (χ0n) is 7.77. The van der Waals surface area contributed by atoms with Gasteiger partial charge in [-0.25, -0.2) is 4.79 Å². The topological polar surface area (TPSA) is 83.0 Å². The van der Waals surface area contributed by atoms with Crippen molar-refractivity contribution >= 4 is 22.8 Å². The molecule has 6 heteroatoms. The van der Waals surface area contributed by atoms with Crippen LogP contribution in [0, 0.1) is 0 Å². The van der Waals surface area contributed by atoms with Gasteiger partial charge in [0.15, 0.2) is 0 Å². The van der Waals surface area contributed by atoms with Crippen molar-refractivity contribution in [1.29, 1.82) is 0 Å². The van der Waals surface area contributed by atoms with Gasteiger partial charge < -0.3 is 5.11 Å². The molecule has 1 heterocycles. The SMILES string of the molecule is CC(C)SC(=O)c1[nH]ncc1C(=O)O. The summed E-state index contributed by atoms with van der Waals surface area (Å²) < 4.78 is 0. The van der Waals surface area contributed by atoms with E-state index in [0.717, 1.165) is 18.0 Å². The highest BCUT2D eigenvalue weighted by molar-refractivity contribution is 8.14. The van der Waals surface area contributed by atoms with Gasteiger partial charge in [0, 0.05) is 5.25 Å². The summed E-state index contributed by atoms with van der Waals surface area (Å²) in [4.78, 5) is 22.1. The van der Waals surface area contributed by atoms with Crippen molar-refractivity contribution in [1.82, 2.24) is 10.2 Å². The van der Waals surface area contributed by atoms with Crippen molar-refractivity contribution in [3.8, 4) is 0 Å². The second kappa shape index (κ2) is 4.28. The molecule has 0 fully saturated rings. The second-order valence-electron chi connectivity index (χ2n) is 2.92. The molecular formula is C8H10N2O3S. The minimum atomic E-state index is -1.15. The first kappa shape index (κ1) is 10.8. The van der Waals surface area contributed by atoms with Crippen LogP contribution < -0.4 is 0 Å². The molecule has 0 aliphatic carbocycles. The molecule has 0 bridgehead atoms. The lowest BCUT2D eigenvalue weighted by atomic mass is 10.3.